The van der Waals surface area contributed by atoms with Crippen LogP contribution in [0.4, 0.5) is 8.78 Å². The van der Waals surface area contributed by atoms with Gasteiger partial charge in [0, 0.05) is 24.7 Å². The van der Waals surface area contributed by atoms with E-state index in [4.69, 9.17) is 0 Å². The van der Waals surface area contributed by atoms with Crippen molar-refractivity contribution in [2.45, 2.75) is 6.54 Å². The highest BCUT2D eigenvalue weighted by molar-refractivity contribution is 5.77. The lowest BCUT2D eigenvalue weighted by atomic mass is 10.2. The van der Waals surface area contributed by atoms with E-state index in [0.29, 0.717) is 6.54 Å². The summed E-state index contributed by atoms with van der Waals surface area (Å²) in [6.45, 7) is 4.19. The van der Waals surface area contributed by atoms with Gasteiger partial charge in [-0.2, -0.15) is 0 Å². The van der Waals surface area contributed by atoms with Crippen LogP contribution < -0.4 is 10.6 Å². The molecule has 0 spiro atoms. The summed E-state index contributed by atoms with van der Waals surface area (Å²) in [6, 6.07) is 3.25. The average molecular weight is 240 g/mol. The Labute approximate surface area is 98.5 Å². The molecule has 2 N–H and O–H groups in total. The first kappa shape index (κ1) is 13.3. The predicted molar refractivity (Wildman–Crippen MR) is 61.3 cm³/mol. The van der Waals surface area contributed by atoms with Crippen LogP contribution >= 0.6 is 0 Å². The van der Waals surface area contributed by atoms with Crippen molar-refractivity contribution in [1.29, 1.82) is 0 Å². The molecular weight excluding hydrogens is 226 g/mol. The zero-order valence-corrected chi connectivity index (χ0v) is 9.30. The van der Waals surface area contributed by atoms with E-state index in [9.17, 15) is 13.6 Å². The van der Waals surface area contributed by atoms with E-state index in [0.717, 1.165) is 12.1 Å². The fourth-order valence-electron chi connectivity index (χ4n) is 1.21. The zero-order chi connectivity index (χ0) is 12.7. The van der Waals surface area contributed by atoms with Crippen LogP contribution in [0.15, 0.2) is 30.9 Å². The lowest BCUT2D eigenvalue weighted by Gasteiger charge is -2.06. The van der Waals surface area contributed by atoms with Crippen molar-refractivity contribution in [3.63, 3.8) is 0 Å². The number of carbonyl (C=O) groups is 1. The number of rotatable bonds is 6. The summed E-state index contributed by atoms with van der Waals surface area (Å²) < 4.78 is 25.8. The van der Waals surface area contributed by atoms with Gasteiger partial charge in [-0.05, 0) is 6.07 Å². The molecular formula is C12H14F2N2O. The van der Waals surface area contributed by atoms with Gasteiger partial charge in [0.25, 0.3) is 0 Å². The van der Waals surface area contributed by atoms with Crippen molar-refractivity contribution in [1.82, 2.24) is 10.6 Å². The Kier molecular flexibility index (Phi) is 5.29. The first-order chi connectivity index (χ1) is 8.13. The summed E-state index contributed by atoms with van der Waals surface area (Å²) in [5, 5.41) is 5.33. The monoisotopic (exact) mass is 240 g/mol. The van der Waals surface area contributed by atoms with E-state index in [1.807, 2.05) is 0 Å². The van der Waals surface area contributed by atoms with Gasteiger partial charge in [-0.1, -0.05) is 12.1 Å². The highest BCUT2D eigenvalue weighted by atomic mass is 19.1. The molecule has 0 saturated carbocycles. The molecule has 0 bridgehead atoms. The average Bonchev–Trinajstić information content (AvgIpc) is 2.28. The quantitative estimate of drug-likeness (QED) is 0.582. The molecule has 0 aliphatic heterocycles. The van der Waals surface area contributed by atoms with Crippen molar-refractivity contribution in [2.75, 3.05) is 13.1 Å². The number of hydrogen-bond acceptors (Lipinski definition) is 2. The van der Waals surface area contributed by atoms with Crippen molar-refractivity contribution in [3.8, 4) is 0 Å². The molecule has 0 aliphatic carbocycles. The van der Waals surface area contributed by atoms with Crippen molar-refractivity contribution >= 4 is 5.91 Å². The van der Waals surface area contributed by atoms with Crippen LogP contribution in [0, 0.1) is 11.6 Å². The Balaban J connectivity index is 2.39. The SMILES string of the molecule is C=CCNCC(=O)NCc1ccc(F)cc1F. The highest BCUT2D eigenvalue weighted by Gasteiger charge is 2.05. The number of hydrogen-bond donors (Lipinski definition) is 2. The van der Waals surface area contributed by atoms with Gasteiger partial charge < -0.3 is 10.6 Å². The molecule has 0 atom stereocenters. The molecule has 0 heterocycles. The smallest absolute Gasteiger partial charge is 0.234 e. The first-order valence-corrected chi connectivity index (χ1v) is 5.15. The van der Waals surface area contributed by atoms with Crippen LogP contribution in [-0.2, 0) is 11.3 Å². The molecule has 0 fully saturated rings. The van der Waals surface area contributed by atoms with Gasteiger partial charge >= 0.3 is 0 Å². The normalized spacial score (nSPS) is 10.0. The summed E-state index contributed by atoms with van der Waals surface area (Å²) in [5.74, 6) is -1.55. The molecule has 0 radical (unpaired) electrons. The fourth-order valence-corrected chi connectivity index (χ4v) is 1.21. The molecule has 1 aromatic carbocycles. The highest BCUT2D eigenvalue weighted by Crippen LogP contribution is 2.08. The van der Waals surface area contributed by atoms with Crippen molar-refractivity contribution in [3.05, 3.63) is 48.1 Å². The summed E-state index contributed by atoms with van der Waals surface area (Å²) in [4.78, 5) is 11.3. The summed E-state index contributed by atoms with van der Waals surface area (Å²) >= 11 is 0. The second-order valence-corrected chi connectivity index (χ2v) is 3.43. The van der Waals surface area contributed by atoms with Gasteiger partial charge in [0.1, 0.15) is 11.6 Å². The third kappa shape index (κ3) is 4.74. The van der Waals surface area contributed by atoms with Gasteiger partial charge in [-0.25, -0.2) is 8.78 Å². The standard InChI is InChI=1S/C12H14F2N2O/c1-2-5-15-8-12(17)16-7-9-3-4-10(13)6-11(9)14/h2-4,6,15H,1,5,7-8H2,(H,16,17). The van der Waals surface area contributed by atoms with Crippen LogP contribution in [-0.4, -0.2) is 19.0 Å². The molecule has 3 nitrogen and oxygen atoms in total. The minimum Gasteiger partial charge on any atom is -0.351 e. The predicted octanol–water partition coefficient (Wildman–Crippen LogP) is 1.36. The minimum absolute atomic E-state index is 0.0424. The van der Waals surface area contributed by atoms with Crippen LogP contribution in [0.5, 0.6) is 0 Å². The third-order valence-electron chi connectivity index (χ3n) is 2.07. The van der Waals surface area contributed by atoms with Crippen molar-refractivity contribution < 1.29 is 13.6 Å². The zero-order valence-electron chi connectivity index (χ0n) is 9.30. The third-order valence-corrected chi connectivity index (χ3v) is 2.07. The molecule has 17 heavy (non-hydrogen) atoms. The maximum atomic E-state index is 13.2. The van der Waals surface area contributed by atoms with E-state index in [2.05, 4.69) is 17.2 Å². The molecule has 0 saturated heterocycles. The Hall–Kier alpha value is -1.75. The summed E-state index contributed by atoms with van der Waals surface area (Å²) in [7, 11) is 0. The second-order valence-electron chi connectivity index (χ2n) is 3.43. The maximum absolute atomic E-state index is 13.2. The minimum atomic E-state index is -0.663. The largest absolute Gasteiger partial charge is 0.351 e. The summed E-state index contributed by atoms with van der Waals surface area (Å²) in [5.41, 5.74) is 0.253. The van der Waals surface area contributed by atoms with Crippen LogP contribution in [0.25, 0.3) is 0 Å². The molecule has 1 rings (SSSR count). The summed E-state index contributed by atoms with van der Waals surface area (Å²) in [6.07, 6.45) is 1.63. The Bertz CT molecular complexity index is 407. The Morgan fingerprint density at radius 2 is 2.18 bits per heavy atom. The number of nitrogens with one attached hydrogen (secondary N) is 2. The Morgan fingerprint density at radius 3 is 2.82 bits per heavy atom. The number of carbonyl (C=O) groups excluding carboxylic acids is 1. The topological polar surface area (TPSA) is 41.1 Å². The van der Waals surface area contributed by atoms with Crippen LogP contribution in [0.2, 0.25) is 0 Å². The lowest BCUT2D eigenvalue weighted by Crippen LogP contribution is -2.33. The van der Waals surface area contributed by atoms with E-state index in [1.54, 1.807) is 6.08 Å². The maximum Gasteiger partial charge on any atom is 0.234 e. The van der Waals surface area contributed by atoms with E-state index in [1.165, 1.54) is 6.07 Å². The van der Waals surface area contributed by atoms with Gasteiger partial charge in [-0.3, -0.25) is 4.79 Å². The molecule has 1 aromatic rings. The van der Waals surface area contributed by atoms with Crippen molar-refractivity contribution in [2.24, 2.45) is 0 Å². The van der Waals surface area contributed by atoms with Crippen LogP contribution in [0.1, 0.15) is 5.56 Å². The first-order valence-electron chi connectivity index (χ1n) is 5.15. The molecule has 1 amide bonds. The van der Waals surface area contributed by atoms with Gasteiger partial charge in [0.05, 0.1) is 6.54 Å². The van der Waals surface area contributed by atoms with Gasteiger partial charge in [0.15, 0.2) is 0 Å². The lowest BCUT2D eigenvalue weighted by molar-refractivity contribution is -0.120. The van der Waals surface area contributed by atoms with Gasteiger partial charge in [0.2, 0.25) is 5.91 Å². The Morgan fingerprint density at radius 1 is 1.41 bits per heavy atom. The molecule has 0 aromatic heterocycles. The van der Waals surface area contributed by atoms with E-state index in [-0.39, 0.29) is 24.6 Å². The number of benzene rings is 1. The van der Waals surface area contributed by atoms with Gasteiger partial charge in [-0.15, -0.1) is 6.58 Å². The molecule has 5 heteroatoms. The van der Waals surface area contributed by atoms with E-state index >= 15 is 0 Å². The fraction of sp³-hybridized carbons (Fsp3) is 0.250. The van der Waals surface area contributed by atoms with E-state index < -0.39 is 11.6 Å². The molecule has 92 valence electrons. The second kappa shape index (κ2) is 6.75. The number of halogens is 2. The van der Waals surface area contributed by atoms with Crippen LogP contribution in [0.3, 0.4) is 0 Å². The molecule has 0 unspecified atom stereocenters. The molecule has 0 aliphatic rings. The number of amides is 1.